The highest BCUT2D eigenvalue weighted by Crippen LogP contribution is 2.51. The molecule has 4 N–H and O–H groups in total. The average molecular weight is 857 g/mol. The van der Waals surface area contributed by atoms with Crippen molar-refractivity contribution in [2.75, 3.05) is 12.4 Å². The number of benzene rings is 3. The number of phenols is 2. The third kappa shape index (κ3) is 8.22. The molecule has 0 fully saturated rings. The number of aromatic nitrogens is 1. The summed E-state index contributed by atoms with van der Waals surface area (Å²) < 4.78 is 36.2. The maximum absolute atomic E-state index is 14.7. The van der Waals surface area contributed by atoms with Gasteiger partial charge in [0.2, 0.25) is 5.43 Å². The number of ether oxygens (including phenoxy) is 5. The summed E-state index contributed by atoms with van der Waals surface area (Å²) in [4.78, 5) is 60.4. The summed E-state index contributed by atoms with van der Waals surface area (Å²) in [6.45, 7) is 18.9. The first-order valence-corrected chi connectivity index (χ1v) is 20.7. The second-order valence-electron chi connectivity index (χ2n) is 17.1. The van der Waals surface area contributed by atoms with Gasteiger partial charge in [0.1, 0.15) is 46.0 Å². The number of phenolic OH excluding ortho intramolecular Hbond substituents is 2. The fraction of sp³-hybridized carbons (Fsp3) is 0.468. The highest BCUT2D eigenvalue weighted by atomic mass is 16.7. The van der Waals surface area contributed by atoms with Crippen LogP contribution in [-0.4, -0.2) is 75.3 Å². The first kappa shape index (κ1) is 45.6. The van der Waals surface area contributed by atoms with E-state index in [-0.39, 0.29) is 103 Å². The third-order valence-corrected chi connectivity index (χ3v) is 12.3. The van der Waals surface area contributed by atoms with Crippen LogP contribution in [0.1, 0.15) is 85.2 Å². The van der Waals surface area contributed by atoms with Crippen molar-refractivity contribution in [3.63, 3.8) is 0 Å². The van der Waals surface area contributed by atoms with E-state index in [4.69, 9.17) is 33.1 Å². The van der Waals surface area contributed by atoms with Gasteiger partial charge in [0.15, 0.2) is 11.3 Å². The maximum atomic E-state index is 14.7. The van der Waals surface area contributed by atoms with E-state index in [0.717, 1.165) is 0 Å². The predicted molar refractivity (Wildman–Crippen MR) is 232 cm³/mol. The van der Waals surface area contributed by atoms with Crippen LogP contribution in [0.15, 0.2) is 57.5 Å². The van der Waals surface area contributed by atoms with Crippen molar-refractivity contribution in [3.8, 4) is 34.5 Å². The molecule has 4 bridgehead atoms. The Bertz CT molecular complexity index is 2550. The van der Waals surface area contributed by atoms with Crippen molar-refractivity contribution in [2.45, 2.75) is 106 Å². The Labute approximate surface area is 359 Å². The van der Waals surface area contributed by atoms with Gasteiger partial charge in [0.05, 0.1) is 35.5 Å². The van der Waals surface area contributed by atoms with Gasteiger partial charge in [-0.05, 0) is 51.5 Å². The number of carbonyl (C=O) groups excluding carboxylic acids is 3. The molecule has 0 saturated heterocycles. The van der Waals surface area contributed by atoms with Crippen LogP contribution in [0.2, 0.25) is 0 Å². The molecule has 3 aliphatic heterocycles. The van der Waals surface area contributed by atoms with E-state index in [1.54, 1.807) is 32.1 Å². The molecule has 4 aliphatic rings. The number of aliphatic hydroxyl groups excluding tert-OH is 1. The van der Waals surface area contributed by atoms with Crippen LogP contribution < -0.4 is 20.2 Å². The van der Waals surface area contributed by atoms with Crippen LogP contribution in [-0.2, 0) is 23.8 Å². The number of hydrogen-bond donors (Lipinski definition) is 4. The van der Waals surface area contributed by atoms with Gasteiger partial charge >= 0.3 is 11.8 Å². The molecule has 0 spiro atoms. The first-order valence-electron chi connectivity index (χ1n) is 20.7. The number of methoxy groups -OCH3 is 1. The van der Waals surface area contributed by atoms with E-state index >= 15 is 0 Å². The molecule has 6 rings (SSSR count). The smallest absolute Gasteiger partial charge is 0.312 e. The summed E-state index contributed by atoms with van der Waals surface area (Å²) in [7, 11) is 1.49. The average Bonchev–Trinajstić information content (AvgIpc) is 3.48. The van der Waals surface area contributed by atoms with Gasteiger partial charge < -0.3 is 48.7 Å². The number of carbonyl (C=O) groups is 3. The van der Waals surface area contributed by atoms with Gasteiger partial charge in [-0.3, -0.25) is 19.2 Å². The Morgan fingerprint density at radius 1 is 0.968 bits per heavy atom. The monoisotopic (exact) mass is 856 g/mol. The number of amides is 1. The Morgan fingerprint density at radius 3 is 2.31 bits per heavy atom. The molecule has 0 radical (unpaired) electrons. The highest BCUT2D eigenvalue weighted by Gasteiger charge is 2.50. The lowest BCUT2D eigenvalue weighted by Gasteiger charge is -2.39. The van der Waals surface area contributed by atoms with E-state index < -0.39 is 58.9 Å². The molecule has 332 valence electrons. The Kier molecular flexibility index (Phi) is 12.8. The van der Waals surface area contributed by atoms with Crippen LogP contribution in [0, 0.1) is 36.5 Å². The summed E-state index contributed by atoms with van der Waals surface area (Å²) >= 11 is 0. The van der Waals surface area contributed by atoms with Crippen molar-refractivity contribution >= 4 is 45.2 Å². The maximum Gasteiger partial charge on any atom is 0.312 e. The van der Waals surface area contributed by atoms with Crippen molar-refractivity contribution in [1.82, 2.24) is 4.98 Å². The molecule has 2 aromatic rings. The Morgan fingerprint density at radius 2 is 1.66 bits per heavy atom. The SMILES string of the molecule is CO[C@H]1/C=C/O[C@@]2(C)Oc3c(C)c(O)c4c(=O)c(c5oc6cc(OC(C)C)cc(O)c6nc-5c4c3C2=O)NC(=O)/C(C)=C\C=C\[C@H](C)[C@H](O)[C@@H](C)[C@@H](C)[C@@H](C)[C@H](OC(C)=O)[C@@H]1C. The Hall–Kier alpha value is -5.93. The summed E-state index contributed by atoms with van der Waals surface area (Å²) in [5.41, 5.74) is -1.45. The van der Waals surface area contributed by atoms with Crippen molar-refractivity contribution in [1.29, 1.82) is 0 Å². The molecular formula is C47H56N2O13. The topological polar surface area (TPSA) is 213 Å². The molecule has 15 heteroatoms. The van der Waals surface area contributed by atoms with E-state index in [1.807, 2.05) is 34.6 Å². The minimum absolute atomic E-state index is 0.0111. The number of aromatic hydroxyl groups is 2. The van der Waals surface area contributed by atoms with Gasteiger partial charge in [-0.15, -0.1) is 0 Å². The predicted octanol–water partition coefficient (Wildman–Crippen LogP) is 7.72. The second kappa shape index (κ2) is 17.4. The van der Waals surface area contributed by atoms with E-state index in [2.05, 4.69) is 5.32 Å². The molecule has 2 aromatic carbocycles. The van der Waals surface area contributed by atoms with Gasteiger partial charge in [0.25, 0.3) is 11.7 Å². The van der Waals surface area contributed by atoms with Gasteiger partial charge in [0, 0.05) is 61.4 Å². The minimum Gasteiger partial charge on any atom is -0.507 e. The number of Topliss-reactive ketones (excluding diaryl/α,β-unsaturated/α-hetero) is 1. The van der Waals surface area contributed by atoms with Crippen molar-refractivity contribution in [2.24, 2.45) is 29.6 Å². The lowest BCUT2D eigenvalue weighted by atomic mass is 9.73. The highest BCUT2D eigenvalue weighted by molar-refractivity contribution is 6.22. The fourth-order valence-electron chi connectivity index (χ4n) is 8.42. The zero-order valence-electron chi connectivity index (χ0n) is 37.1. The second-order valence-corrected chi connectivity index (χ2v) is 17.1. The van der Waals surface area contributed by atoms with Crippen molar-refractivity contribution in [3.05, 3.63) is 69.6 Å². The Balaban J connectivity index is 1.61. The lowest BCUT2D eigenvalue weighted by Crippen LogP contribution is -2.43. The summed E-state index contributed by atoms with van der Waals surface area (Å²) in [6, 6.07) is 2.82. The van der Waals surface area contributed by atoms with E-state index in [9.17, 15) is 34.5 Å². The zero-order valence-corrected chi connectivity index (χ0v) is 37.1. The number of allylic oxidation sites excluding steroid dienone is 2. The molecule has 3 heterocycles. The number of esters is 1. The van der Waals surface area contributed by atoms with Crippen LogP contribution in [0.5, 0.6) is 23.0 Å². The third-order valence-electron chi connectivity index (χ3n) is 12.3. The number of ketones is 1. The number of aliphatic hydroxyl groups is 1. The quantitative estimate of drug-likeness (QED) is 0.0879. The fourth-order valence-corrected chi connectivity index (χ4v) is 8.42. The van der Waals surface area contributed by atoms with Crippen molar-refractivity contribution < 1.29 is 57.8 Å². The number of anilines is 1. The molecule has 1 aliphatic carbocycles. The molecule has 9 atom stereocenters. The van der Waals surface area contributed by atoms with E-state index in [0.29, 0.717) is 0 Å². The van der Waals surface area contributed by atoms with Crippen LogP contribution in [0.3, 0.4) is 0 Å². The standard InChI is InChI=1S/C47H56N2O13/c1-20(2)59-29-18-30(51)36-32(19-29)61-44-37(48-36)33-34-40(53)27(9)43-35(33)45(55)47(11,62-43)58-17-16-31(57-12)26(8)42(60-28(10)50)25(7)23(5)24(6)39(52)21(3)14-13-15-22(4)46(56)49-38(44)41(34)54/h13-21,23-26,31,39,42,51-53H,1-12H3,(H,49,56)/b14-13+,17-16+,22-15-/t21-,23+,24-,25+,26+,31-,39-,42-,47-/m0/s1. The van der Waals surface area contributed by atoms with E-state index in [1.165, 1.54) is 59.3 Å². The largest absolute Gasteiger partial charge is 0.507 e. The van der Waals surface area contributed by atoms with Gasteiger partial charge in [-0.1, -0.05) is 52.8 Å². The number of rotatable bonds is 4. The van der Waals surface area contributed by atoms with Crippen LogP contribution >= 0.6 is 0 Å². The summed E-state index contributed by atoms with van der Waals surface area (Å²) in [5, 5.41) is 36.6. The first-order chi connectivity index (χ1) is 29.1. The normalized spacial score (nSPS) is 29.3. The lowest BCUT2D eigenvalue weighted by molar-refractivity contribution is -0.157. The number of hydrogen-bond acceptors (Lipinski definition) is 14. The summed E-state index contributed by atoms with van der Waals surface area (Å²) in [6.07, 6.45) is 5.27. The molecule has 15 nitrogen and oxygen atoms in total. The molecule has 62 heavy (non-hydrogen) atoms. The molecular weight excluding hydrogens is 801 g/mol. The zero-order chi connectivity index (χ0) is 45.7. The number of fused-ring (bicyclic) bond motifs is 2. The summed E-state index contributed by atoms with van der Waals surface area (Å²) in [5.74, 6) is -6.49. The van der Waals surface area contributed by atoms with Gasteiger partial charge in [-0.25, -0.2) is 4.98 Å². The number of nitrogens with one attached hydrogen (secondary N) is 1. The van der Waals surface area contributed by atoms with Crippen LogP contribution in [0.25, 0.3) is 33.3 Å². The molecule has 1 amide bonds. The van der Waals surface area contributed by atoms with Gasteiger partial charge in [-0.2, -0.15) is 0 Å². The molecule has 0 unspecified atom stereocenters. The van der Waals surface area contributed by atoms with Crippen LogP contribution in [0.4, 0.5) is 5.69 Å². The molecule has 0 saturated carbocycles. The number of nitrogens with zero attached hydrogens (tertiary/aromatic N) is 1. The minimum atomic E-state index is -2.05. The molecule has 0 aromatic heterocycles.